The maximum absolute atomic E-state index is 14.9. The zero-order valence-electron chi connectivity index (χ0n) is 18.9. The van der Waals surface area contributed by atoms with E-state index < -0.39 is 17.3 Å². The molecule has 35 heavy (non-hydrogen) atoms. The van der Waals surface area contributed by atoms with E-state index in [0.717, 1.165) is 35.2 Å². The molecule has 0 aliphatic carbocycles. The van der Waals surface area contributed by atoms with Crippen LogP contribution in [0.3, 0.4) is 0 Å². The second-order valence-corrected chi connectivity index (χ2v) is 10.0. The summed E-state index contributed by atoms with van der Waals surface area (Å²) in [5.74, 6) is 0.495. The van der Waals surface area contributed by atoms with E-state index in [1.165, 1.54) is 0 Å². The highest BCUT2D eigenvalue weighted by atomic mass is 35.5. The van der Waals surface area contributed by atoms with Crippen LogP contribution in [0.1, 0.15) is 36.0 Å². The Kier molecular flexibility index (Phi) is 5.69. The number of pyridine rings is 1. The second kappa shape index (κ2) is 8.76. The fourth-order valence-corrected chi connectivity index (χ4v) is 5.47. The molecule has 0 saturated carbocycles. The molecule has 0 atom stereocenters. The number of aromatic nitrogens is 4. The van der Waals surface area contributed by atoms with Crippen LogP contribution in [0.25, 0.3) is 5.69 Å². The Morgan fingerprint density at radius 1 is 1.09 bits per heavy atom. The van der Waals surface area contributed by atoms with Crippen LogP contribution in [0, 0.1) is 11.6 Å². The van der Waals surface area contributed by atoms with Crippen LogP contribution in [0.4, 0.5) is 19.0 Å². The zero-order chi connectivity index (χ0) is 24.2. The van der Waals surface area contributed by atoms with Crippen molar-refractivity contribution < 1.29 is 17.9 Å². The fraction of sp³-hybridized carbons (Fsp3) is 0.458. The molecule has 3 aromatic rings. The molecule has 1 aromatic carbocycles. The van der Waals surface area contributed by atoms with Gasteiger partial charge in [0.15, 0.2) is 23.1 Å². The molecule has 11 heteroatoms. The van der Waals surface area contributed by atoms with Crippen molar-refractivity contribution in [1.82, 2.24) is 24.6 Å². The van der Waals surface area contributed by atoms with Crippen molar-refractivity contribution in [3.8, 4) is 5.69 Å². The third-order valence-electron chi connectivity index (χ3n) is 6.97. The standard InChI is InChI=1S/C24H24ClF3N6O/c25-17-1-2-20-16(7-17)10-32(12-24(28)13-35-14-24)11-21-30-31-22(34(20)21)15-3-5-33(6-4-15)23-19(27)8-18(26)9-29-23/h1-2,7-9,15H,3-6,10-14H2. The number of benzene rings is 1. The summed E-state index contributed by atoms with van der Waals surface area (Å²) in [6.07, 6.45) is 2.47. The lowest BCUT2D eigenvalue weighted by Gasteiger charge is -2.37. The van der Waals surface area contributed by atoms with Crippen LogP contribution in [0.15, 0.2) is 30.5 Å². The van der Waals surface area contributed by atoms with Crippen LogP contribution in [0.2, 0.25) is 5.02 Å². The Labute approximate surface area is 205 Å². The number of fused-ring (bicyclic) bond motifs is 3. The first kappa shape index (κ1) is 22.8. The van der Waals surface area contributed by atoms with E-state index in [0.29, 0.717) is 44.0 Å². The highest BCUT2D eigenvalue weighted by Crippen LogP contribution is 2.35. The molecule has 0 bridgehead atoms. The first-order valence-electron chi connectivity index (χ1n) is 11.7. The van der Waals surface area contributed by atoms with Gasteiger partial charge in [-0.2, -0.15) is 0 Å². The molecule has 0 N–H and O–H groups in total. The van der Waals surface area contributed by atoms with Gasteiger partial charge in [-0.1, -0.05) is 11.6 Å². The van der Waals surface area contributed by atoms with Gasteiger partial charge in [-0.15, -0.1) is 10.2 Å². The Bertz CT molecular complexity index is 1260. The molecule has 3 aliphatic rings. The van der Waals surface area contributed by atoms with Crippen LogP contribution >= 0.6 is 11.6 Å². The van der Waals surface area contributed by atoms with Gasteiger partial charge in [-0.05, 0) is 36.6 Å². The minimum atomic E-state index is -1.35. The van der Waals surface area contributed by atoms with Crippen LogP contribution < -0.4 is 4.90 Å². The highest BCUT2D eigenvalue weighted by Gasteiger charge is 2.41. The van der Waals surface area contributed by atoms with Gasteiger partial charge in [0.05, 0.1) is 31.6 Å². The van der Waals surface area contributed by atoms with Gasteiger partial charge in [0.1, 0.15) is 11.6 Å². The lowest BCUT2D eigenvalue weighted by molar-refractivity contribution is -0.142. The van der Waals surface area contributed by atoms with E-state index in [2.05, 4.69) is 19.7 Å². The smallest absolute Gasteiger partial charge is 0.169 e. The van der Waals surface area contributed by atoms with E-state index in [4.69, 9.17) is 16.3 Å². The van der Waals surface area contributed by atoms with Crippen LogP contribution in [-0.4, -0.2) is 63.2 Å². The minimum Gasteiger partial charge on any atom is -0.375 e. The molecule has 2 saturated heterocycles. The number of hydrogen-bond donors (Lipinski definition) is 0. The zero-order valence-corrected chi connectivity index (χ0v) is 19.7. The van der Waals surface area contributed by atoms with Gasteiger partial charge < -0.3 is 9.64 Å². The van der Waals surface area contributed by atoms with Crippen LogP contribution in [-0.2, 0) is 17.8 Å². The summed E-state index contributed by atoms with van der Waals surface area (Å²) in [6.45, 7) is 2.57. The lowest BCUT2D eigenvalue weighted by Crippen LogP contribution is -2.53. The number of piperidine rings is 1. The van der Waals surface area contributed by atoms with Crippen molar-refractivity contribution >= 4 is 17.4 Å². The topological polar surface area (TPSA) is 59.3 Å². The monoisotopic (exact) mass is 504 g/mol. The van der Waals surface area contributed by atoms with Gasteiger partial charge in [-0.25, -0.2) is 18.2 Å². The van der Waals surface area contributed by atoms with Crippen molar-refractivity contribution in [1.29, 1.82) is 0 Å². The first-order chi connectivity index (χ1) is 16.9. The predicted molar refractivity (Wildman–Crippen MR) is 123 cm³/mol. The summed E-state index contributed by atoms with van der Waals surface area (Å²) in [6, 6.07) is 6.57. The number of anilines is 1. The quantitative estimate of drug-likeness (QED) is 0.534. The molecule has 7 nitrogen and oxygen atoms in total. The Balaban J connectivity index is 1.28. The third-order valence-corrected chi connectivity index (χ3v) is 7.21. The summed E-state index contributed by atoms with van der Waals surface area (Å²) in [4.78, 5) is 7.81. The minimum absolute atomic E-state index is 0.0960. The third kappa shape index (κ3) is 4.28. The number of nitrogens with zero attached hydrogens (tertiary/aromatic N) is 6. The molecule has 2 fully saturated rings. The average molecular weight is 505 g/mol. The molecule has 0 amide bonds. The Morgan fingerprint density at radius 2 is 1.89 bits per heavy atom. The van der Waals surface area contributed by atoms with Gasteiger partial charge >= 0.3 is 0 Å². The van der Waals surface area contributed by atoms with E-state index in [-0.39, 0.29) is 31.5 Å². The first-order valence-corrected chi connectivity index (χ1v) is 12.0. The fourth-order valence-electron chi connectivity index (χ4n) is 5.27. The van der Waals surface area contributed by atoms with E-state index in [1.54, 1.807) is 0 Å². The van der Waals surface area contributed by atoms with Crippen molar-refractivity contribution in [2.75, 3.05) is 37.7 Å². The molecule has 0 spiro atoms. The van der Waals surface area contributed by atoms with Gasteiger partial charge in [0.25, 0.3) is 0 Å². The maximum atomic E-state index is 14.9. The number of alkyl halides is 1. The SMILES string of the molecule is Fc1cnc(N2CCC(c3nnc4n3-c3ccc(Cl)cc3CN(CC3(F)COC3)C4)CC2)c(F)c1. The highest BCUT2D eigenvalue weighted by molar-refractivity contribution is 6.30. The van der Waals surface area contributed by atoms with E-state index >= 15 is 0 Å². The Morgan fingerprint density at radius 3 is 2.60 bits per heavy atom. The van der Waals surface area contributed by atoms with Gasteiger partial charge in [0, 0.05) is 43.2 Å². The average Bonchev–Trinajstić information content (AvgIpc) is 3.15. The van der Waals surface area contributed by atoms with Gasteiger partial charge in [0.2, 0.25) is 0 Å². The van der Waals surface area contributed by atoms with Crippen molar-refractivity contribution in [2.45, 2.75) is 37.5 Å². The van der Waals surface area contributed by atoms with Crippen molar-refractivity contribution in [3.63, 3.8) is 0 Å². The molecular weight excluding hydrogens is 481 g/mol. The molecule has 5 heterocycles. The molecule has 6 rings (SSSR count). The number of rotatable bonds is 4. The lowest BCUT2D eigenvalue weighted by atomic mass is 9.95. The molecule has 3 aliphatic heterocycles. The van der Waals surface area contributed by atoms with Crippen LogP contribution in [0.5, 0.6) is 0 Å². The summed E-state index contributed by atoms with van der Waals surface area (Å²) in [5, 5.41) is 9.67. The number of halogens is 4. The molecule has 2 aromatic heterocycles. The van der Waals surface area contributed by atoms with E-state index in [1.807, 2.05) is 28.0 Å². The largest absolute Gasteiger partial charge is 0.375 e. The molecule has 184 valence electrons. The second-order valence-electron chi connectivity index (χ2n) is 9.59. The molecule has 0 unspecified atom stereocenters. The summed E-state index contributed by atoms with van der Waals surface area (Å²) in [7, 11) is 0. The molecule has 0 radical (unpaired) electrons. The summed E-state index contributed by atoms with van der Waals surface area (Å²) >= 11 is 6.32. The number of hydrogen-bond acceptors (Lipinski definition) is 6. The van der Waals surface area contributed by atoms with Crippen molar-refractivity contribution in [3.05, 3.63) is 64.3 Å². The normalized spacial score (nSPS) is 20.2. The molecular formula is C24H24ClF3N6O. The predicted octanol–water partition coefficient (Wildman–Crippen LogP) is 4.03. The summed E-state index contributed by atoms with van der Waals surface area (Å²) in [5.41, 5.74) is 0.572. The van der Waals surface area contributed by atoms with Crippen molar-refractivity contribution in [2.24, 2.45) is 0 Å². The number of ether oxygens (including phenoxy) is 1. The summed E-state index contributed by atoms with van der Waals surface area (Å²) < 4.78 is 49.6. The Hall–Kier alpha value is -2.69. The van der Waals surface area contributed by atoms with Gasteiger partial charge in [-0.3, -0.25) is 9.47 Å². The maximum Gasteiger partial charge on any atom is 0.169 e. The van der Waals surface area contributed by atoms with E-state index in [9.17, 15) is 13.2 Å².